The van der Waals surface area contributed by atoms with E-state index >= 15 is 0 Å². The zero-order valence-electron chi connectivity index (χ0n) is 11.3. The van der Waals surface area contributed by atoms with E-state index in [1.807, 2.05) is 35.9 Å². The highest BCUT2D eigenvalue weighted by Crippen LogP contribution is 2.27. The van der Waals surface area contributed by atoms with E-state index in [0.717, 1.165) is 48.4 Å². The molecular weight excluding hydrogens is 250 g/mol. The number of benzene rings is 1. The molecule has 4 rings (SSSR count). The Morgan fingerprint density at radius 1 is 1.15 bits per heavy atom. The molecule has 0 radical (unpaired) electrons. The van der Waals surface area contributed by atoms with Crippen molar-refractivity contribution in [1.29, 1.82) is 0 Å². The normalized spacial score (nSPS) is 17.1. The lowest BCUT2D eigenvalue weighted by molar-refractivity contribution is 0.511. The molecule has 0 saturated carbocycles. The molecule has 100 valence electrons. The Morgan fingerprint density at radius 2 is 2.00 bits per heavy atom. The number of amidine groups is 1. The minimum absolute atomic E-state index is 0.859. The topological polar surface area (TPSA) is 45.8 Å². The van der Waals surface area contributed by atoms with Gasteiger partial charge in [0.15, 0.2) is 5.82 Å². The second-order valence-corrected chi connectivity index (χ2v) is 5.01. The van der Waals surface area contributed by atoms with Crippen LogP contribution < -0.4 is 0 Å². The largest absolute Gasteiger partial charge is 0.299 e. The van der Waals surface area contributed by atoms with Crippen LogP contribution in [0.25, 0.3) is 11.3 Å². The standard InChI is InChI=1S/C15H15N5/c1-11-17-14-10-13(12-6-3-2-4-7-12)18-20(14)15-16-8-5-9-19(11)15/h2-4,6-7,10H,5,8-9H2,1H3. The molecule has 5 heteroatoms. The SMILES string of the molecule is CC1=Nc2cc(-c3ccccc3)nn2C2=NCCCN12. The van der Waals surface area contributed by atoms with Crippen molar-refractivity contribution in [3.8, 4) is 11.3 Å². The van der Waals surface area contributed by atoms with Gasteiger partial charge in [0.2, 0.25) is 5.96 Å². The molecule has 0 saturated heterocycles. The summed E-state index contributed by atoms with van der Waals surface area (Å²) >= 11 is 0. The number of hydrogen-bond donors (Lipinski definition) is 0. The van der Waals surface area contributed by atoms with Crippen molar-refractivity contribution >= 4 is 17.6 Å². The van der Waals surface area contributed by atoms with Crippen molar-refractivity contribution in [2.24, 2.45) is 9.98 Å². The van der Waals surface area contributed by atoms with Gasteiger partial charge in [-0.2, -0.15) is 9.78 Å². The summed E-state index contributed by atoms with van der Waals surface area (Å²) in [5.74, 6) is 2.76. The van der Waals surface area contributed by atoms with E-state index in [9.17, 15) is 0 Å². The van der Waals surface area contributed by atoms with Crippen LogP contribution >= 0.6 is 0 Å². The summed E-state index contributed by atoms with van der Waals surface area (Å²) < 4.78 is 1.86. The Labute approximate surface area is 117 Å². The van der Waals surface area contributed by atoms with Crippen molar-refractivity contribution in [2.45, 2.75) is 13.3 Å². The van der Waals surface area contributed by atoms with Crippen molar-refractivity contribution < 1.29 is 0 Å². The molecule has 0 unspecified atom stereocenters. The van der Waals surface area contributed by atoms with Crippen LogP contribution in [0.2, 0.25) is 0 Å². The van der Waals surface area contributed by atoms with Crippen LogP contribution in [0.5, 0.6) is 0 Å². The molecule has 0 bridgehead atoms. The molecule has 20 heavy (non-hydrogen) atoms. The lowest BCUT2D eigenvalue weighted by atomic mass is 10.2. The minimum atomic E-state index is 0.859. The molecule has 0 N–H and O–H groups in total. The van der Waals surface area contributed by atoms with E-state index in [-0.39, 0.29) is 0 Å². The fourth-order valence-electron chi connectivity index (χ4n) is 2.66. The maximum Gasteiger partial charge on any atom is 0.229 e. The third-order valence-corrected chi connectivity index (χ3v) is 3.65. The van der Waals surface area contributed by atoms with Crippen LogP contribution in [0.3, 0.4) is 0 Å². The molecular formula is C15H15N5. The fourth-order valence-corrected chi connectivity index (χ4v) is 2.66. The minimum Gasteiger partial charge on any atom is -0.299 e. The first-order valence-electron chi connectivity index (χ1n) is 6.86. The first kappa shape index (κ1) is 11.4. The summed E-state index contributed by atoms with van der Waals surface area (Å²) in [6, 6.07) is 12.2. The van der Waals surface area contributed by atoms with Crippen molar-refractivity contribution in [3.63, 3.8) is 0 Å². The molecule has 0 fully saturated rings. The highest BCUT2D eigenvalue weighted by molar-refractivity contribution is 6.04. The van der Waals surface area contributed by atoms with E-state index in [1.54, 1.807) is 0 Å². The van der Waals surface area contributed by atoms with E-state index in [2.05, 4.69) is 32.1 Å². The average Bonchev–Trinajstić information content (AvgIpc) is 2.93. The van der Waals surface area contributed by atoms with Gasteiger partial charge in [0.05, 0.1) is 5.69 Å². The van der Waals surface area contributed by atoms with Crippen LogP contribution in [-0.2, 0) is 0 Å². The number of aliphatic imine (C=N–C) groups is 2. The second-order valence-electron chi connectivity index (χ2n) is 5.01. The zero-order chi connectivity index (χ0) is 13.5. The Bertz CT molecular complexity index is 711. The number of nitrogens with zero attached hydrogens (tertiary/aromatic N) is 5. The van der Waals surface area contributed by atoms with Gasteiger partial charge in [0.25, 0.3) is 0 Å². The maximum absolute atomic E-state index is 4.68. The molecule has 1 aromatic carbocycles. The van der Waals surface area contributed by atoms with Gasteiger partial charge in [0.1, 0.15) is 5.84 Å². The Morgan fingerprint density at radius 3 is 2.85 bits per heavy atom. The quantitative estimate of drug-likeness (QED) is 0.795. The Kier molecular flexibility index (Phi) is 2.45. The van der Waals surface area contributed by atoms with Crippen LogP contribution in [0.15, 0.2) is 46.4 Å². The summed E-state index contributed by atoms with van der Waals surface area (Å²) in [5.41, 5.74) is 2.04. The summed E-state index contributed by atoms with van der Waals surface area (Å²) in [5, 5.41) is 4.68. The summed E-state index contributed by atoms with van der Waals surface area (Å²) in [6.07, 6.45) is 1.07. The van der Waals surface area contributed by atoms with Crippen molar-refractivity contribution in [3.05, 3.63) is 36.4 Å². The third-order valence-electron chi connectivity index (χ3n) is 3.65. The van der Waals surface area contributed by atoms with Gasteiger partial charge >= 0.3 is 0 Å². The molecule has 0 aliphatic carbocycles. The monoisotopic (exact) mass is 265 g/mol. The van der Waals surface area contributed by atoms with Gasteiger partial charge in [-0.15, -0.1) is 0 Å². The number of fused-ring (bicyclic) bond motifs is 3. The average molecular weight is 265 g/mol. The third kappa shape index (κ3) is 1.66. The van der Waals surface area contributed by atoms with Crippen LogP contribution in [-0.4, -0.2) is 39.6 Å². The molecule has 2 aliphatic rings. The van der Waals surface area contributed by atoms with Crippen LogP contribution in [0.1, 0.15) is 13.3 Å². The van der Waals surface area contributed by atoms with Crippen LogP contribution in [0, 0.1) is 0 Å². The van der Waals surface area contributed by atoms with Gasteiger partial charge in [-0.1, -0.05) is 30.3 Å². The Balaban J connectivity index is 1.86. The highest BCUT2D eigenvalue weighted by Gasteiger charge is 2.27. The first-order valence-corrected chi connectivity index (χ1v) is 6.86. The van der Waals surface area contributed by atoms with Gasteiger partial charge < -0.3 is 0 Å². The molecule has 0 spiro atoms. The molecule has 3 heterocycles. The molecule has 2 aromatic rings. The van der Waals surface area contributed by atoms with E-state index < -0.39 is 0 Å². The van der Waals surface area contributed by atoms with Gasteiger partial charge in [-0.3, -0.25) is 9.89 Å². The first-order chi connectivity index (χ1) is 9.83. The Hall–Kier alpha value is -2.43. The number of aromatic nitrogens is 2. The summed E-state index contributed by atoms with van der Waals surface area (Å²) in [4.78, 5) is 11.4. The number of rotatable bonds is 1. The van der Waals surface area contributed by atoms with E-state index in [4.69, 9.17) is 0 Å². The highest BCUT2D eigenvalue weighted by atomic mass is 15.5. The second kappa shape index (κ2) is 4.30. The fraction of sp³-hybridized carbons (Fsp3) is 0.267. The number of hydrogen-bond acceptors (Lipinski definition) is 4. The van der Waals surface area contributed by atoms with Crippen LogP contribution in [0.4, 0.5) is 5.82 Å². The van der Waals surface area contributed by atoms with Gasteiger partial charge in [-0.25, -0.2) is 4.99 Å². The lowest BCUT2D eigenvalue weighted by Crippen LogP contribution is -2.45. The molecule has 0 atom stereocenters. The van der Waals surface area contributed by atoms with Gasteiger partial charge in [-0.05, 0) is 13.3 Å². The zero-order valence-corrected chi connectivity index (χ0v) is 11.3. The van der Waals surface area contributed by atoms with E-state index in [0.29, 0.717) is 0 Å². The summed E-state index contributed by atoms with van der Waals surface area (Å²) in [7, 11) is 0. The van der Waals surface area contributed by atoms with Gasteiger partial charge in [0, 0.05) is 24.7 Å². The predicted molar refractivity (Wildman–Crippen MR) is 79.5 cm³/mol. The molecule has 5 nitrogen and oxygen atoms in total. The van der Waals surface area contributed by atoms with Crippen molar-refractivity contribution in [2.75, 3.05) is 13.1 Å². The van der Waals surface area contributed by atoms with Crippen molar-refractivity contribution in [1.82, 2.24) is 14.7 Å². The summed E-state index contributed by atoms with van der Waals surface area (Å²) in [6.45, 7) is 3.85. The lowest BCUT2D eigenvalue weighted by Gasteiger charge is -2.31. The molecule has 1 aromatic heterocycles. The molecule has 2 aliphatic heterocycles. The van der Waals surface area contributed by atoms with E-state index in [1.165, 1.54) is 0 Å². The predicted octanol–water partition coefficient (Wildman–Crippen LogP) is 2.52. The molecule has 0 amide bonds. The maximum atomic E-state index is 4.68. The smallest absolute Gasteiger partial charge is 0.229 e.